The molecular weight excluding hydrogens is 310 g/mol. The van der Waals surface area contributed by atoms with Crippen LogP contribution in [0.25, 0.3) is 5.78 Å². The van der Waals surface area contributed by atoms with Gasteiger partial charge in [-0.15, -0.1) is 0 Å². The highest BCUT2D eigenvalue weighted by atomic mass is 32.2. The molecule has 2 aromatic heterocycles. The topological polar surface area (TPSA) is 125 Å². The summed E-state index contributed by atoms with van der Waals surface area (Å²) >= 11 is 0. The first-order valence-corrected chi connectivity index (χ1v) is 8.59. The predicted molar refractivity (Wildman–Crippen MR) is 79.6 cm³/mol. The van der Waals surface area contributed by atoms with Gasteiger partial charge in [-0.1, -0.05) is 0 Å². The van der Waals surface area contributed by atoms with Crippen LogP contribution in [0.4, 0.5) is 10.6 Å². The zero-order chi connectivity index (χ0) is 15.7. The Bertz CT molecular complexity index is 855. The van der Waals surface area contributed by atoms with Gasteiger partial charge >= 0.3 is 6.03 Å². The standard InChI is InChI=1S/C12H15N5O4S/c18-10-7-9(15-11-13-3-4-17(10)11)16-12(19)14-8-1-5-22(20,21)6-2-8/h3-4,7-8H,1-2,5-6H2,(H,13,15)(H2,14,16,19). The fourth-order valence-electron chi connectivity index (χ4n) is 2.37. The van der Waals surface area contributed by atoms with Crippen LogP contribution in [0.2, 0.25) is 0 Å². The summed E-state index contributed by atoms with van der Waals surface area (Å²) < 4.78 is 24.0. The molecule has 3 rings (SSSR count). The Hall–Kier alpha value is -2.36. The summed E-state index contributed by atoms with van der Waals surface area (Å²) in [6.45, 7) is 0. The van der Waals surface area contributed by atoms with Crippen molar-refractivity contribution in [1.29, 1.82) is 0 Å². The molecule has 1 fully saturated rings. The van der Waals surface area contributed by atoms with Gasteiger partial charge in [0.15, 0.2) is 0 Å². The van der Waals surface area contributed by atoms with Gasteiger partial charge < -0.3 is 10.3 Å². The van der Waals surface area contributed by atoms with Gasteiger partial charge in [-0.2, -0.15) is 0 Å². The lowest BCUT2D eigenvalue weighted by atomic mass is 10.2. The lowest BCUT2D eigenvalue weighted by molar-refractivity contribution is 0.247. The van der Waals surface area contributed by atoms with Crippen molar-refractivity contribution in [2.24, 2.45) is 0 Å². The highest BCUT2D eigenvalue weighted by Gasteiger charge is 2.24. The zero-order valence-corrected chi connectivity index (χ0v) is 12.4. The number of carbonyl (C=O) groups is 1. The molecule has 118 valence electrons. The molecule has 0 atom stereocenters. The number of imidazole rings is 1. The molecule has 1 aliphatic rings. The average molecular weight is 325 g/mol. The molecule has 1 aliphatic heterocycles. The highest BCUT2D eigenvalue weighted by molar-refractivity contribution is 7.91. The summed E-state index contributed by atoms with van der Waals surface area (Å²) in [5, 5.41) is 5.23. The van der Waals surface area contributed by atoms with E-state index < -0.39 is 15.9 Å². The van der Waals surface area contributed by atoms with Crippen LogP contribution >= 0.6 is 0 Å². The Morgan fingerprint density at radius 2 is 2.09 bits per heavy atom. The Morgan fingerprint density at radius 3 is 2.82 bits per heavy atom. The van der Waals surface area contributed by atoms with Crippen LogP contribution in [-0.4, -0.2) is 46.4 Å². The number of aromatic nitrogens is 3. The van der Waals surface area contributed by atoms with Crippen molar-refractivity contribution in [2.45, 2.75) is 18.9 Å². The summed E-state index contributed by atoms with van der Waals surface area (Å²) in [4.78, 5) is 30.4. The van der Waals surface area contributed by atoms with Gasteiger partial charge in [0.2, 0.25) is 5.78 Å². The van der Waals surface area contributed by atoms with Crippen LogP contribution in [0.15, 0.2) is 23.3 Å². The van der Waals surface area contributed by atoms with Crippen LogP contribution in [0.1, 0.15) is 12.8 Å². The Balaban J connectivity index is 1.65. The lowest BCUT2D eigenvalue weighted by Crippen LogP contribution is -2.43. The van der Waals surface area contributed by atoms with Crippen molar-refractivity contribution >= 4 is 27.5 Å². The minimum Gasteiger partial charge on any atom is -0.335 e. The average Bonchev–Trinajstić information content (AvgIpc) is 2.90. The minimum absolute atomic E-state index is 0.0782. The van der Waals surface area contributed by atoms with Crippen molar-refractivity contribution < 1.29 is 13.2 Å². The predicted octanol–water partition coefficient (Wildman–Crippen LogP) is -0.279. The molecule has 2 aromatic rings. The molecule has 0 bridgehead atoms. The Labute approximate surface area is 125 Å². The van der Waals surface area contributed by atoms with Crippen LogP contribution in [0.3, 0.4) is 0 Å². The maximum Gasteiger partial charge on any atom is 0.320 e. The van der Waals surface area contributed by atoms with E-state index in [-0.39, 0.29) is 28.9 Å². The molecule has 0 aromatic carbocycles. The fourth-order valence-corrected chi connectivity index (χ4v) is 3.86. The fraction of sp³-hybridized carbons (Fsp3) is 0.417. The van der Waals surface area contributed by atoms with E-state index in [1.165, 1.54) is 22.9 Å². The molecule has 0 unspecified atom stereocenters. The van der Waals surface area contributed by atoms with E-state index in [4.69, 9.17) is 0 Å². The van der Waals surface area contributed by atoms with Crippen molar-refractivity contribution in [3.8, 4) is 0 Å². The van der Waals surface area contributed by atoms with Crippen LogP contribution in [-0.2, 0) is 9.84 Å². The molecule has 0 saturated carbocycles. The van der Waals surface area contributed by atoms with Gasteiger partial charge in [-0.05, 0) is 12.8 Å². The number of H-pyrrole nitrogens is 1. The molecule has 3 N–H and O–H groups in total. The first kappa shape index (κ1) is 14.6. The molecule has 0 aliphatic carbocycles. The number of nitrogens with one attached hydrogen (secondary N) is 3. The van der Waals surface area contributed by atoms with Crippen molar-refractivity contribution in [1.82, 2.24) is 19.7 Å². The molecule has 0 spiro atoms. The van der Waals surface area contributed by atoms with Gasteiger partial charge in [0.25, 0.3) is 5.56 Å². The monoisotopic (exact) mass is 325 g/mol. The second-order valence-electron chi connectivity index (χ2n) is 5.17. The van der Waals surface area contributed by atoms with E-state index in [0.29, 0.717) is 18.6 Å². The second kappa shape index (κ2) is 5.44. The summed E-state index contributed by atoms with van der Waals surface area (Å²) in [6.07, 6.45) is 3.77. The number of fused-ring (bicyclic) bond motifs is 1. The third-order valence-electron chi connectivity index (χ3n) is 3.53. The summed E-state index contributed by atoms with van der Waals surface area (Å²) in [5.74, 6) is 0.708. The molecule has 22 heavy (non-hydrogen) atoms. The van der Waals surface area contributed by atoms with Crippen molar-refractivity contribution in [2.75, 3.05) is 16.8 Å². The third kappa shape index (κ3) is 3.11. The quantitative estimate of drug-likeness (QED) is 0.700. The van der Waals surface area contributed by atoms with Crippen molar-refractivity contribution in [3.05, 3.63) is 28.8 Å². The number of hydrogen-bond acceptors (Lipinski definition) is 5. The summed E-state index contributed by atoms with van der Waals surface area (Å²) in [6, 6.07) is 0.570. The summed E-state index contributed by atoms with van der Waals surface area (Å²) in [7, 11) is -2.96. The third-order valence-corrected chi connectivity index (χ3v) is 5.25. The molecule has 9 nitrogen and oxygen atoms in total. The van der Waals surface area contributed by atoms with E-state index in [1.54, 1.807) is 0 Å². The number of rotatable bonds is 2. The molecule has 2 amide bonds. The number of hydrogen-bond donors (Lipinski definition) is 3. The first-order valence-electron chi connectivity index (χ1n) is 6.77. The molecular formula is C12H15N5O4S. The number of aromatic amines is 1. The molecule has 1 saturated heterocycles. The zero-order valence-electron chi connectivity index (χ0n) is 11.6. The number of amides is 2. The van der Waals surface area contributed by atoms with Gasteiger partial charge in [0, 0.05) is 24.5 Å². The maximum absolute atomic E-state index is 11.9. The smallest absolute Gasteiger partial charge is 0.320 e. The minimum atomic E-state index is -2.96. The number of sulfone groups is 1. The van der Waals surface area contributed by atoms with Crippen LogP contribution in [0.5, 0.6) is 0 Å². The first-order chi connectivity index (χ1) is 10.4. The van der Waals surface area contributed by atoms with E-state index in [2.05, 4.69) is 20.6 Å². The number of anilines is 1. The highest BCUT2D eigenvalue weighted by Crippen LogP contribution is 2.12. The molecule has 3 heterocycles. The van der Waals surface area contributed by atoms with Crippen LogP contribution < -0.4 is 16.2 Å². The number of urea groups is 1. The normalized spacial score (nSPS) is 18.2. The largest absolute Gasteiger partial charge is 0.335 e. The summed E-state index contributed by atoms with van der Waals surface area (Å²) in [5.41, 5.74) is -0.315. The number of carbonyl (C=O) groups excluding carboxylic acids is 1. The maximum atomic E-state index is 11.9. The van der Waals surface area contributed by atoms with Gasteiger partial charge in [0.1, 0.15) is 15.7 Å². The SMILES string of the molecule is O=C(Nc1cc(=O)n2ccnc2[nH]1)NC1CCS(=O)(=O)CC1. The van der Waals surface area contributed by atoms with Crippen molar-refractivity contribution in [3.63, 3.8) is 0 Å². The number of nitrogens with zero attached hydrogens (tertiary/aromatic N) is 2. The Kier molecular flexibility index (Phi) is 3.61. The van der Waals surface area contributed by atoms with E-state index in [1.807, 2.05) is 0 Å². The van der Waals surface area contributed by atoms with E-state index in [9.17, 15) is 18.0 Å². The van der Waals surface area contributed by atoms with Gasteiger partial charge in [-0.3, -0.25) is 14.5 Å². The van der Waals surface area contributed by atoms with E-state index >= 15 is 0 Å². The molecule has 0 radical (unpaired) electrons. The van der Waals surface area contributed by atoms with Gasteiger partial charge in [0.05, 0.1) is 11.5 Å². The van der Waals surface area contributed by atoms with E-state index in [0.717, 1.165) is 0 Å². The lowest BCUT2D eigenvalue weighted by Gasteiger charge is -2.23. The Morgan fingerprint density at radius 1 is 1.36 bits per heavy atom. The van der Waals surface area contributed by atoms with Gasteiger partial charge in [-0.25, -0.2) is 18.2 Å². The van der Waals surface area contributed by atoms with Crippen LogP contribution in [0, 0.1) is 0 Å². The molecule has 10 heteroatoms. The second-order valence-corrected chi connectivity index (χ2v) is 7.47.